The van der Waals surface area contributed by atoms with Gasteiger partial charge in [-0.3, -0.25) is 4.98 Å². The van der Waals surface area contributed by atoms with Crippen LogP contribution in [0.25, 0.3) is 0 Å². The van der Waals surface area contributed by atoms with Gasteiger partial charge in [-0.2, -0.15) is 0 Å². The van der Waals surface area contributed by atoms with Crippen LogP contribution in [-0.4, -0.2) is 29.6 Å². The lowest BCUT2D eigenvalue weighted by Gasteiger charge is -2.19. The van der Waals surface area contributed by atoms with E-state index in [0.717, 1.165) is 44.1 Å². The van der Waals surface area contributed by atoms with E-state index in [0.29, 0.717) is 0 Å². The average molecular weight is 234 g/mol. The topological polar surface area (TPSA) is 41.1 Å². The molecule has 0 bridgehead atoms. The predicted molar refractivity (Wildman–Crippen MR) is 72.1 cm³/mol. The number of anilines is 1. The maximum absolute atomic E-state index is 4.42. The number of nitrogens with one attached hydrogen (secondary N) is 1. The van der Waals surface area contributed by atoms with Crippen LogP contribution in [0.5, 0.6) is 0 Å². The van der Waals surface area contributed by atoms with E-state index in [1.807, 2.05) is 18.5 Å². The fourth-order valence-corrected chi connectivity index (χ4v) is 1.54. The van der Waals surface area contributed by atoms with E-state index in [2.05, 4.69) is 40.6 Å². The highest BCUT2D eigenvalue weighted by Crippen LogP contribution is 2.08. The summed E-state index contributed by atoms with van der Waals surface area (Å²) in [4.78, 5) is 11.0. The highest BCUT2D eigenvalue weighted by Gasteiger charge is 2.04. The molecule has 0 saturated heterocycles. The Bertz CT molecular complexity index is 321. The molecule has 1 heterocycles. The standard InChI is InChI=1S/C13H22N4/c1-4-7-14-9-12-10-16-13(11-15-12)17(6-3)8-5-2/h5,10-11,14H,2,4,6-9H2,1,3H3. The molecule has 0 atom stereocenters. The average Bonchev–Trinajstić information content (AvgIpc) is 2.37. The van der Waals surface area contributed by atoms with Crippen molar-refractivity contribution < 1.29 is 0 Å². The van der Waals surface area contributed by atoms with Gasteiger partial charge < -0.3 is 10.2 Å². The first-order chi connectivity index (χ1) is 8.31. The lowest BCUT2D eigenvalue weighted by atomic mass is 10.4. The van der Waals surface area contributed by atoms with E-state index in [-0.39, 0.29) is 0 Å². The van der Waals surface area contributed by atoms with Gasteiger partial charge in [0.2, 0.25) is 0 Å². The van der Waals surface area contributed by atoms with Gasteiger partial charge in [-0.15, -0.1) is 6.58 Å². The summed E-state index contributed by atoms with van der Waals surface area (Å²) in [6, 6.07) is 0. The maximum atomic E-state index is 4.42. The summed E-state index contributed by atoms with van der Waals surface area (Å²) in [5, 5.41) is 3.31. The molecule has 0 fully saturated rings. The number of aromatic nitrogens is 2. The lowest BCUT2D eigenvalue weighted by molar-refractivity contribution is 0.661. The Morgan fingerprint density at radius 2 is 2.18 bits per heavy atom. The molecule has 1 aromatic heterocycles. The van der Waals surface area contributed by atoms with Crippen LogP contribution < -0.4 is 10.2 Å². The van der Waals surface area contributed by atoms with Gasteiger partial charge in [-0.05, 0) is 19.9 Å². The van der Waals surface area contributed by atoms with E-state index >= 15 is 0 Å². The van der Waals surface area contributed by atoms with Crippen LogP contribution >= 0.6 is 0 Å². The SMILES string of the molecule is C=CCN(CC)c1cnc(CNCCC)cn1. The molecule has 0 amide bonds. The summed E-state index contributed by atoms with van der Waals surface area (Å²) in [5.41, 5.74) is 0.983. The third-order valence-electron chi connectivity index (χ3n) is 2.48. The molecule has 0 radical (unpaired) electrons. The maximum Gasteiger partial charge on any atom is 0.147 e. The van der Waals surface area contributed by atoms with Crippen molar-refractivity contribution in [2.75, 3.05) is 24.5 Å². The zero-order chi connectivity index (χ0) is 12.5. The predicted octanol–water partition coefficient (Wildman–Crippen LogP) is 1.99. The van der Waals surface area contributed by atoms with Crippen molar-refractivity contribution >= 4 is 5.82 Å². The fourth-order valence-electron chi connectivity index (χ4n) is 1.54. The van der Waals surface area contributed by atoms with Crippen LogP contribution in [0.4, 0.5) is 5.82 Å². The van der Waals surface area contributed by atoms with Crippen molar-refractivity contribution in [3.8, 4) is 0 Å². The molecule has 4 heteroatoms. The summed E-state index contributed by atoms with van der Waals surface area (Å²) >= 11 is 0. The quantitative estimate of drug-likeness (QED) is 0.551. The van der Waals surface area contributed by atoms with Crippen LogP contribution in [0.15, 0.2) is 25.0 Å². The van der Waals surface area contributed by atoms with E-state index < -0.39 is 0 Å². The highest BCUT2D eigenvalue weighted by molar-refractivity contribution is 5.36. The summed E-state index contributed by atoms with van der Waals surface area (Å²) in [5.74, 6) is 0.909. The Labute approximate surface area is 104 Å². The Morgan fingerprint density at radius 3 is 2.71 bits per heavy atom. The van der Waals surface area contributed by atoms with Crippen LogP contribution in [0, 0.1) is 0 Å². The van der Waals surface area contributed by atoms with Gasteiger partial charge in [0.15, 0.2) is 0 Å². The Morgan fingerprint density at radius 1 is 1.35 bits per heavy atom. The summed E-state index contributed by atoms with van der Waals surface area (Å²) < 4.78 is 0. The molecular formula is C13H22N4. The molecule has 4 nitrogen and oxygen atoms in total. The second-order valence-corrected chi connectivity index (χ2v) is 3.87. The van der Waals surface area contributed by atoms with Crippen molar-refractivity contribution in [2.45, 2.75) is 26.8 Å². The Balaban J connectivity index is 2.56. The molecule has 1 aromatic rings. The summed E-state index contributed by atoms with van der Waals surface area (Å²) in [6.07, 6.45) is 6.68. The molecular weight excluding hydrogens is 212 g/mol. The molecule has 0 aliphatic heterocycles. The number of nitrogens with zero attached hydrogens (tertiary/aromatic N) is 3. The molecule has 0 spiro atoms. The first-order valence-corrected chi connectivity index (χ1v) is 6.19. The number of hydrogen-bond acceptors (Lipinski definition) is 4. The van der Waals surface area contributed by atoms with Crippen LogP contribution in [0.3, 0.4) is 0 Å². The zero-order valence-electron chi connectivity index (χ0n) is 10.8. The molecule has 0 saturated carbocycles. The van der Waals surface area contributed by atoms with E-state index in [1.165, 1.54) is 0 Å². The lowest BCUT2D eigenvalue weighted by Crippen LogP contribution is -2.24. The molecule has 0 aliphatic carbocycles. The third-order valence-corrected chi connectivity index (χ3v) is 2.48. The number of likely N-dealkylation sites (N-methyl/N-ethyl adjacent to an activating group) is 1. The number of hydrogen-bond donors (Lipinski definition) is 1. The Kier molecular flexibility index (Phi) is 6.25. The Hall–Kier alpha value is -1.42. The molecule has 0 unspecified atom stereocenters. The van der Waals surface area contributed by atoms with Gasteiger partial charge in [0.1, 0.15) is 5.82 Å². The van der Waals surface area contributed by atoms with Crippen molar-refractivity contribution in [2.24, 2.45) is 0 Å². The van der Waals surface area contributed by atoms with Gasteiger partial charge in [0.25, 0.3) is 0 Å². The van der Waals surface area contributed by atoms with E-state index in [9.17, 15) is 0 Å². The zero-order valence-corrected chi connectivity index (χ0v) is 10.8. The smallest absolute Gasteiger partial charge is 0.147 e. The minimum atomic E-state index is 0.786. The minimum absolute atomic E-state index is 0.786. The summed E-state index contributed by atoms with van der Waals surface area (Å²) in [6.45, 7) is 11.5. The van der Waals surface area contributed by atoms with Crippen LogP contribution in [-0.2, 0) is 6.54 Å². The van der Waals surface area contributed by atoms with Crippen molar-refractivity contribution in [1.29, 1.82) is 0 Å². The molecule has 94 valence electrons. The van der Waals surface area contributed by atoms with Gasteiger partial charge in [0, 0.05) is 19.6 Å². The normalized spacial score (nSPS) is 10.2. The first-order valence-electron chi connectivity index (χ1n) is 6.19. The minimum Gasteiger partial charge on any atom is -0.352 e. The molecule has 1 rings (SSSR count). The fraction of sp³-hybridized carbons (Fsp3) is 0.538. The number of rotatable bonds is 8. The third kappa shape index (κ3) is 4.53. The monoisotopic (exact) mass is 234 g/mol. The highest BCUT2D eigenvalue weighted by atomic mass is 15.2. The molecule has 0 aliphatic rings. The van der Waals surface area contributed by atoms with E-state index in [4.69, 9.17) is 0 Å². The van der Waals surface area contributed by atoms with Gasteiger partial charge in [-0.1, -0.05) is 13.0 Å². The van der Waals surface area contributed by atoms with Gasteiger partial charge in [0.05, 0.1) is 18.1 Å². The molecule has 0 aromatic carbocycles. The van der Waals surface area contributed by atoms with Crippen molar-refractivity contribution in [1.82, 2.24) is 15.3 Å². The largest absolute Gasteiger partial charge is 0.352 e. The summed E-state index contributed by atoms with van der Waals surface area (Å²) in [7, 11) is 0. The second-order valence-electron chi connectivity index (χ2n) is 3.87. The van der Waals surface area contributed by atoms with Crippen LogP contribution in [0.2, 0.25) is 0 Å². The first kappa shape index (κ1) is 13.6. The van der Waals surface area contributed by atoms with Crippen LogP contribution in [0.1, 0.15) is 26.0 Å². The molecule has 17 heavy (non-hydrogen) atoms. The molecule has 1 N–H and O–H groups in total. The van der Waals surface area contributed by atoms with Gasteiger partial charge >= 0.3 is 0 Å². The van der Waals surface area contributed by atoms with Crippen molar-refractivity contribution in [3.63, 3.8) is 0 Å². The van der Waals surface area contributed by atoms with Gasteiger partial charge in [-0.25, -0.2) is 4.98 Å². The second kappa shape index (κ2) is 7.79. The van der Waals surface area contributed by atoms with Crippen molar-refractivity contribution in [3.05, 3.63) is 30.7 Å². The van der Waals surface area contributed by atoms with E-state index in [1.54, 1.807) is 0 Å².